The Kier molecular flexibility index (Phi) is 7.00. The molecule has 0 aliphatic rings. The molecule has 3 aromatic rings. The van der Waals surface area contributed by atoms with Crippen LogP contribution in [0.4, 0.5) is 8.78 Å². The van der Waals surface area contributed by atoms with Crippen LogP contribution in [0.2, 0.25) is 0 Å². The molecular weight excluding hydrogens is 388 g/mol. The van der Waals surface area contributed by atoms with Crippen LogP contribution in [-0.4, -0.2) is 29.4 Å². The van der Waals surface area contributed by atoms with Gasteiger partial charge in [-0.05, 0) is 37.6 Å². The van der Waals surface area contributed by atoms with Crippen LogP contribution in [0, 0.1) is 13.8 Å². The SMILES string of the molecule is CN=C(NCc1cc(C)ccc1OC(F)F)NCc1ccccc1-n1ccc(C)n1. The molecule has 3 rings (SSSR count). The third-order valence-corrected chi connectivity index (χ3v) is 4.51. The van der Waals surface area contributed by atoms with Crippen molar-refractivity contribution >= 4 is 5.96 Å². The molecule has 2 N–H and O–H groups in total. The van der Waals surface area contributed by atoms with E-state index in [1.807, 2.05) is 61.1 Å². The Labute approximate surface area is 174 Å². The summed E-state index contributed by atoms with van der Waals surface area (Å²) in [6.07, 6.45) is 1.92. The molecular formula is C22H25F2N5O. The smallest absolute Gasteiger partial charge is 0.387 e. The number of nitrogens with one attached hydrogen (secondary N) is 2. The van der Waals surface area contributed by atoms with Crippen molar-refractivity contribution in [1.29, 1.82) is 0 Å². The van der Waals surface area contributed by atoms with Crippen LogP contribution in [0.15, 0.2) is 59.7 Å². The molecule has 0 saturated carbocycles. The number of ether oxygens (including phenoxy) is 1. The minimum absolute atomic E-state index is 0.151. The molecule has 30 heavy (non-hydrogen) atoms. The van der Waals surface area contributed by atoms with Gasteiger partial charge in [0.25, 0.3) is 0 Å². The highest BCUT2D eigenvalue weighted by atomic mass is 19.3. The Bertz CT molecular complexity index is 1020. The maximum atomic E-state index is 12.7. The van der Waals surface area contributed by atoms with E-state index < -0.39 is 6.61 Å². The van der Waals surface area contributed by atoms with Crippen LogP contribution < -0.4 is 15.4 Å². The molecule has 0 unspecified atom stereocenters. The Balaban J connectivity index is 1.67. The van der Waals surface area contributed by atoms with Crippen molar-refractivity contribution in [3.63, 3.8) is 0 Å². The van der Waals surface area contributed by atoms with Gasteiger partial charge >= 0.3 is 6.61 Å². The molecule has 0 atom stereocenters. The second-order valence-corrected chi connectivity index (χ2v) is 6.80. The molecule has 8 heteroatoms. The van der Waals surface area contributed by atoms with Gasteiger partial charge < -0.3 is 15.4 Å². The van der Waals surface area contributed by atoms with Gasteiger partial charge in [0, 0.05) is 31.9 Å². The van der Waals surface area contributed by atoms with Crippen molar-refractivity contribution in [2.75, 3.05) is 7.05 Å². The predicted molar refractivity (Wildman–Crippen MR) is 113 cm³/mol. The molecule has 0 saturated heterocycles. The minimum Gasteiger partial charge on any atom is -0.434 e. The summed E-state index contributed by atoms with van der Waals surface area (Å²) in [5.74, 6) is 0.698. The normalized spacial score (nSPS) is 11.6. The lowest BCUT2D eigenvalue weighted by atomic mass is 10.1. The fourth-order valence-corrected chi connectivity index (χ4v) is 3.07. The third kappa shape index (κ3) is 5.56. The number of halogens is 2. The first-order valence-electron chi connectivity index (χ1n) is 9.55. The summed E-state index contributed by atoms with van der Waals surface area (Å²) in [7, 11) is 1.66. The lowest BCUT2D eigenvalue weighted by Crippen LogP contribution is -2.36. The van der Waals surface area contributed by atoms with Gasteiger partial charge in [0.15, 0.2) is 5.96 Å². The Morgan fingerprint density at radius 1 is 1.07 bits per heavy atom. The van der Waals surface area contributed by atoms with E-state index in [1.54, 1.807) is 19.2 Å². The van der Waals surface area contributed by atoms with Crippen molar-refractivity contribution in [3.05, 3.63) is 77.1 Å². The molecule has 0 bridgehead atoms. The summed E-state index contributed by atoms with van der Waals surface area (Å²) >= 11 is 0. The van der Waals surface area contributed by atoms with Crippen molar-refractivity contribution in [2.45, 2.75) is 33.5 Å². The number of para-hydroxylation sites is 1. The molecule has 0 aliphatic heterocycles. The van der Waals surface area contributed by atoms with Gasteiger partial charge in [-0.15, -0.1) is 0 Å². The zero-order chi connectivity index (χ0) is 21.5. The maximum absolute atomic E-state index is 12.7. The van der Waals surface area contributed by atoms with Crippen LogP contribution in [0.25, 0.3) is 5.69 Å². The first-order chi connectivity index (χ1) is 14.5. The number of aryl methyl sites for hydroxylation is 2. The first kappa shape index (κ1) is 21.3. The van der Waals surface area contributed by atoms with Crippen molar-refractivity contribution in [3.8, 4) is 11.4 Å². The van der Waals surface area contributed by atoms with Crippen LogP contribution >= 0.6 is 0 Å². The van der Waals surface area contributed by atoms with E-state index >= 15 is 0 Å². The van der Waals surface area contributed by atoms with Gasteiger partial charge in [-0.2, -0.15) is 13.9 Å². The number of rotatable bonds is 7. The fourth-order valence-electron chi connectivity index (χ4n) is 3.07. The van der Waals surface area contributed by atoms with Gasteiger partial charge in [-0.3, -0.25) is 4.99 Å². The van der Waals surface area contributed by atoms with E-state index in [9.17, 15) is 8.78 Å². The van der Waals surface area contributed by atoms with Crippen molar-refractivity contribution in [1.82, 2.24) is 20.4 Å². The lowest BCUT2D eigenvalue weighted by Gasteiger charge is -2.16. The standard InChI is InChI=1S/C22H25F2N5O/c1-15-8-9-20(30-21(23)24)18(12-15)14-27-22(25-3)26-13-17-6-4-5-7-19(17)29-11-10-16(2)28-29/h4-12,21H,13-14H2,1-3H3,(H2,25,26,27). The minimum atomic E-state index is -2.87. The number of aromatic nitrogens is 2. The van der Waals surface area contributed by atoms with E-state index in [-0.39, 0.29) is 5.75 Å². The molecule has 0 spiro atoms. The zero-order valence-corrected chi connectivity index (χ0v) is 17.2. The average Bonchev–Trinajstić information content (AvgIpc) is 3.16. The summed E-state index contributed by atoms with van der Waals surface area (Å²) in [5.41, 5.74) is 4.54. The van der Waals surface area contributed by atoms with Crippen LogP contribution in [0.3, 0.4) is 0 Å². The molecule has 1 heterocycles. The second-order valence-electron chi connectivity index (χ2n) is 6.80. The van der Waals surface area contributed by atoms with Gasteiger partial charge in [0.2, 0.25) is 0 Å². The third-order valence-electron chi connectivity index (χ3n) is 4.51. The summed E-state index contributed by atoms with van der Waals surface area (Å²) < 4.78 is 31.8. The molecule has 158 valence electrons. The Hall–Kier alpha value is -3.42. The summed E-state index contributed by atoms with van der Waals surface area (Å²) in [6.45, 7) is 1.79. The zero-order valence-electron chi connectivity index (χ0n) is 17.2. The molecule has 1 aromatic heterocycles. The maximum Gasteiger partial charge on any atom is 0.387 e. The summed E-state index contributed by atoms with van der Waals surface area (Å²) in [6, 6.07) is 15.0. The molecule has 2 aromatic carbocycles. The van der Waals surface area contributed by atoms with Gasteiger partial charge in [0.05, 0.1) is 11.4 Å². The van der Waals surface area contributed by atoms with E-state index in [0.29, 0.717) is 24.6 Å². The average molecular weight is 413 g/mol. The van der Waals surface area contributed by atoms with E-state index in [4.69, 9.17) is 0 Å². The van der Waals surface area contributed by atoms with Gasteiger partial charge in [-0.25, -0.2) is 4.68 Å². The topological polar surface area (TPSA) is 63.5 Å². The van der Waals surface area contributed by atoms with Crippen molar-refractivity contribution < 1.29 is 13.5 Å². The molecule has 0 aliphatic carbocycles. The molecule has 0 radical (unpaired) electrons. The highest BCUT2D eigenvalue weighted by Gasteiger charge is 2.11. The number of nitrogens with zero attached hydrogens (tertiary/aromatic N) is 3. The quantitative estimate of drug-likeness (QED) is 0.455. The van der Waals surface area contributed by atoms with Gasteiger partial charge in [0.1, 0.15) is 5.75 Å². The number of hydrogen-bond donors (Lipinski definition) is 2. The van der Waals surface area contributed by atoms with E-state index in [1.165, 1.54) is 0 Å². The molecule has 0 amide bonds. The fraction of sp³-hybridized carbons (Fsp3) is 0.273. The van der Waals surface area contributed by atoms with Gasteiger partial charge in [-0.1, -0.05) is 35.9 Å². The van der Waals surface area contributed by atoms with E-state index in [2.05, 4.69) is 25.5 Å². The number of alkyl halides is 2. The number of benzene rings is 2. The molecule has 0 fully saturated rings. The van der Waals surface area contributed by atoms with Crippen LogP contribution in [-0.2, 0) is 13.1 Å². The second kappa shape index (κ2) is 9.87. The summed E-state index contributed by atoms with van der Waals surface area (Å²) in [4.78, 5) is 4.22. The van der Waals surface area contributed by atoms with E-state index in [0.717, 1.165) is 22.5 Å². The largest absolute Gasteiger partial charge is 0.434 e. The number of guanidine groups is 1. The predicted octanol–water partition coefficient (Wildman–Crippen LogP) is 3.96. The highest BCUT2D eigenvalue weighted by molar-refractivity contribution is 5.79. The van der Waals surface area contributed by atoms with Crippen LogP contribution in [0.5, 0.6) is 5.75 Å². The molecule has 6 nitrogen and oxygen atoms in total. The summed E-state index contributed by atoms with van der Waals surface area (Å²) in [5, 5.41) is 10.9. The Morgan fingerprint density at radius 2 is 1.80 bits per heavy atom. The monoisotopic (exact) mass is 413 g/mol. The number of hydrogen-bond acceptors (Lipinski definition) is 3. The lowest BCUT2D eigenvalue weighted by molar-refractivity contribution is -0.0504. The number of aliphatic imine (C=N–C) groups is 1. The first-order valence-corrected chi connectivity index (χ1v) is 9.55. The van der Waals surface area contributed by atoms with Crippen molar-refractivity contribution in [2.24, 2.45) is 4.99 Å². The Morgan fingerprint density at radius 3 is 2.47 bits per heavy atom. The highest BCUT2D eigenvalue weighted by Crippen LogP contribution is 2.22. The van der Waals surface area contributed by atoms with Crippen LogP contribution in [0.1, 0.15) is 22.4 Å².